The fourth-order valence-electron chi connectivity index (χ4n) is 3.70. The molecule has 0 radical (unpaired) electrons. The van der Waals surface area contributed by atoms with E-state index in [-0.39, 0.29) is 12.1 Å². The van der Waals surface area contributed by atoms with Gasteiger partial charge in [-0.2, -0.15) is 0 Å². The zero-order valence-electron chi connectivity index (χ0n) is 13.8. The van der Waals surface area contributed by atoms with Gasteiger partial charge in [0.25, 0.3) is 0 Å². The van der Waals surface area contributed by atoms with Gasteiger partial charge in [-0.1, -0.05) is 6.07 Å². The van der Waals surface area contributed by atoms with Crippen molar-refractivity contribution in [2.45, 2.75) is 25.3 Å². The lowest BCUT2D eigenvalue weighted by Crippen LogP contribution is -2.41. The minimum absolute atomic E-state index is 0.0271. The number of ether oxygens (including phenoxy) is 3. The van der Waals surface area contributed by atoms with Crippen molar-refractivity contribution in [3.63, 3.8) is 0 Å². The van der Waals surface area contributed by atoms with E-state index in [1.54, 1.807) is 0 Å². The zero-order chi connectivity index (χ0) is 16.4. The predicted octanol–water partition coefficient (Wildman–Crippen LogP) is 2.34. The molecule has 6 nitrogen and oxygen atoms in total. The van der Waals surface area contributed by atoms with Crippen LogP contribution in [0.1, 0.15) is 30.9 Å². The van der Waals surface area contributed by atoms with Crippen molar-refractivity contribution in [3.8, 4) is 11.5 Å². The maximum atomic E-state index is 12.6. The van der Waals surface area contributed by atoms with Gasteiger partial charge in [0.15, 0.2) is 11.5 Å². The molecule has 1 aromatic carbocycles. The van der Waals surface area contributed by atoms with Gasteiger partial charge in [-0.05, 0) is 37.0 Å². The van der Waals surface area contributed by atoms with Gasteiger partial charge < -0.3 is 24.4 Å². The van der Waals surface area contributed by atoms with Crippen molar-refractivity contribution >= 4 is 6.03 Å². The van der Waals surface area contributed by atoms with Crippen molar-refractivity contribution < 1.29 is 19.0 Å². The lowest BCUT2D eigenvalue weighted by Gasteiger charge is -2.27. The highest BCUT2D eigenvalue weighted by Crippen LogP contribution is 2.38. The minimum Gasteiger partial charge on any atom is -0.486 e. The van der Waals surface area contributed by atoms with Crippen LogP contribution in [0.15, 0.2) is 18.2 Å². The molecule has 2 saturated heterocycles. The van der Waals surface area contributed by atoms with Crippen molar-refractivity contribution in [1.82, 2.24) is 10.2 Å². The quantitative estimate of drug-likeness (QED) is 0.923. The SMILES string of the molecule is O=C(NCC1CCOC1)N1CCCC1c1ccc2c(c1)OCCO2. The third-order valence-electron chi connectivity index (χ3n) is 5.03. The highest BCUT2D eigenvalue weighted by molar-refractivity contribution is 5.75. The lowest BCUT2D eigenvalue weighted by molar-refractivity contribution is 0.170. The van der Waals surface area contributed by atoms with Gasteiger partial charge >= 0.3 is 6.03 Å². The topological polar surface area (TPSA) is 60.0 Å². The number of nitrogens with one attached hydrogen (secondary N) is 1. The molecular formula is C18H24N2O4. The Labute approximate surface area is 142 Å². The number of fused-ring (bicyclic) bond motifs is 1. The molecule has 1 N–H and O–H groups in total. The average molecular weight is 332 g/mol. The molecule has 0 bridgehead atoms. The normalized spacial score (nSPS) is 25.8. The molecule has 3 aliphatic heterocycles. The van der Waals surface area contributed by atoms with Crippen LogP contribution < -0.4 is 14.8 Å². The summed E-state index contributed by atoms with van der Waals surface area (Å²) in [5.74, 6) is 2.03. The molecule has 3 heterocycles. The fraction of sp³-hybridized carbons (Fsp3) is 0.611. The van der Waals surface area contributed by atoms with E-state index in [1.807, 2.05) is 17.0 Å². The molecule has 0 spiro atoms. The Morgan fingerprint density at radius 2 is 2.04 bits per heavy atom. The molecule has 2 unspecified atom stereocenters. The first kappa shape index (κ1) is 15.6. The molecule has 0 aliphatic carbocycles. The molecule has 2 amide bonds. The van der Waals surface area contributed by atoms with Crippen LogP contribution in [0.4, 0.5) is 4.79 Å². The Morgan fingerprint density at radius 1 is 1.17 bits per heavy atom. The van der Waals surface area contributed by atoms with Crippen molar-refractivity contribution in [3.05, 3.63) is 23.8 Å². The molecule has 6 heteroatoms. The number of urea groups is 1. The number of likely N-dealkylation sites (tertiary alicyclic amines) is 1. The Hall–Kier alpha value is -1.95. The molecule has 4 rings (SSSR count). The Balaban J connectivity index is 1.43. The number of hydrogen-bond acceptors (Lipinski definition) is 4. The van der Waals surface area contributed by atoms with E-state index in [1.165, 1.54) is 0 Å². The summed E-state index contributed by atoms with van der Waals surface area (Å²) < 4.78 is 16.6. The van der Waals surface area contributed by atoms with Crippen molar-refractivity contribution in [2.24, 2.45) is 5.92 Å². The van der Waals surface area contributed by atoms with Crippen LogP contribution in [-0.2, 0) is 4.74 Å². The molecule has 0 aromatic heterocycles. The van der Waals surface area contributed by atoms with Crippen molar-refractivity contribution in [1.29, 1.82) is 0 Å². The Kier molecular flexibility index (Phi) is 4.47. The number of hydrogen-bond donors (Lipinski definition) is 1. The van der Waals surface area contributed by atoms with Crippen LogP contribution in [0.2, 0.25) is 0 Å². The first-order valence-corrected chi connectivity index (χ1v) is 8.83. The Morgan fingerprint density at radius 3 is 2.88 bits per heavy atom. The van der Waals surface area contributed by atoms with E-state index < -0.39 is 0 Å². The minimum atomic E-state index is 0.0271. The van der Waals surface area contributed by atoms with E-state index >= 15 is 0 Å². The molecule has 2 fully saturated rings. The number of nitrogens with zero attached hydrogens (tertiary/aromatic N) is 1. The molecule has 1 aromatic rings. The summed E-state index contributed by atoms with van der Waals surface area (Å²) >= 11 is 0. The highest BCUT2D eigenvalue weighted by Gasteiger charge is 2.31. The van der Waals surface area contributed by atoms with Crippen LogP contribution in [-0.4, -0.2) is 50.4 Å². The Bertz CT molecular complexity index is 601. The number of carbonyl (C=O) groups is 1. The van der Waals surface area contributed by atoms with E-state index in [0.29, 0.717) is 25.7 Å². The van der Waals surface area contributed by atoms with Crippen LogP contribution in [0.25, 0.3) is 0 Å². The summed E-state index contributed by atoms with van der Waals surface area (Å²) in [4.78, 5) is 14.5. The summed E-state index contributed by atoms with van der Waals surface area (Å²) in [6.07, 6.45) is 3.05. The van der Waals surface area contributed by atoms with Gasteiger partial charge in [0.05, 0.1) is 12.6 Å². The first-order chi connectivity index (χ1) is 11.8. The third kappa shape index (κ3) is 3.15. The predicted molar refractivity (Wildman–Crippen MR) is 88.4 cm³/mol. The standard InChI is InChI=1S/C18H24N2O4/c21-18(19-11-13-5-7-22-12-13)20-6-1-2-15(20)14-3-4-16-17(10-14)24-9-8-23-16/h3-4,10,13,15H,1-2,5-9,11-12H2,(H,19,21). The average Bonchev–Trinajstić information content (AvgIpc) is 3.31. The molecule has 130 valence electrons. The van der Waals surface area contributed by atoms with E-state index in [0.717, 1.165) is 56.1 Å². The van der Waals surface area contributed by atoms with Crippen LogP contribution in [0, 0.1) is 5.92 Å². The van der Waals surface area contributed by atoms with Gasteiger partial charge in [-0.15, -0.1) is 0 Å². The first-order valence-electron chi connectivity index (χ1n) is 8.83. The largest absolute Gasteiger partial charge is 0.486 e. The van der Waals surface area contributed by atoms with Crippen LogP contribution in [0.3, 0.4) is 0 Å². The molecule has 24 heavy (non-hydrogen) atoms. The third-order valence-corrected chi connectivity index (χ3v) is 5.03. The lowest BCUT2D eigenvalue weighted by atomic mass is 10.0. The van der Waals surface area contributed by atoms with Gasteiger partial charge in [-0.25, -0.2) is 4.79 Å². The van der Waals surface area contributed by atoms with Crippen LogP contribution >= 0.6 is 0 Å². The van der Waals surface area contributed by atoms with E-state index in [2.05, 4.69) is 11.4 Å². The maximum Gasteiger partial charge on any atom is 0.317 e. The number of rotatable bonds is 3. The second kappa shape index (κ2) is 6.89. The summed E-state index contributed by atoms with van der Waals surface area (Å²) in [6.45, 7) is 4.23. The van der Waals surface area contributed by atoms with Gasteiger partial charge in [-0.3, -0.25) is 0 Å². The van der Waals surface area contributed by atoms with E-state index in [4.69, 9.17) is 14.2 Å². The van der Waals surface area contributed by atoms with E-state index in [9.17, 15) is 4.79 Å². The van der Waals surface area contributed by atoms with Crippen molar-refractivity contribution in [2.75, 3.05) is 39.5 Å². The molecule has 3 aliphatic rings. The van der Waals surface area contributed by atoms with Crippen LogP contribution in [0.5, 0.6) is 11.5 Å². The monoisotopic (exact) mass is 332 g/mol. The molecule has 2 atom stereocenters. The second-order valence-corrected chi connectivity index (χ2v) is 6.67. The zero-order valence-corrected chi connectivity index (χ0v) is 13.8. The fourth-order valence-corrected chi connectivity index (χ4v) is 3.70. The molecule has 0 saturated carbocycles. The van der Waals surface area contributed by atoms with Gasteiger partial charge in [0.2, 0.25) is 0 Å². The summed E-state index contributed by atoms with van der Waals surface area (Å²) in [6, 6.07) is 6.16. The number of benzene rings is 1. The maximum absolute atomic E-state index is 12.6. The summed E-state index contributed by atoms with van der Waals surface area (Å²) in [5, 5.41) is 3.08. The highest BCUT2D eigenvalue weighted by atomic mass is 16.6. The molecular weight excluding hydrogens is 308 g/mol. The smallest absolute Gasteiger partial charge is 0.317 e. The summed E-state index contributed by atoms with van der Waals surface area (Å²) in [7, 11) is 0. The van der Waals surface area contributed by atoms with Gasteiger partial charge in [0.1, 0.15) is 13.2 Å². The van der Waals surface area contributed by atoms with Gasteiger partial charge in [0, 0.05) is 25.6 Å². The second-order valence-electron chi connectivity index (χ2n) is 6.67. The number of carbonyl (C=O) groups excluding carboxylic acids is 1. The summed E-state index contributed by atoms with van der Waals surface area (Å²) in [5.41, 5.74) is 1.12. The number of amides is 2.